The van der Waals surface area contributed by atoms with Crippen molar-refractivity contribution < 1.29 is 4.39 Å². The maximum absolute atomic E-state index is 13.4. The van der Waals surface area contributed by atoms with Crippen molar-refractivity contribution in [2.75, 3.05) is 11.1 Å². The first-order valence-electron chi connectivity index (χ1n) is 5.25. The molecule has 0 atom stereocenters. The molecule has 0 aliphatic carbocycles. The number of hydrogen-bond donors (Lipinski definition) is 2. The predicted molar refractivity (Wildman–Crippen MR) is 78.0 cm³/mol. The largest absolute Gasteiger partial charge is 0.397 e. The van der Waals surface area contributed by atoms with Gasteiger partial charge in [-0.05, 0) is 46.6 Å². The highest BCUT2D eigenvalue weighted by molar-refractivity contribution is 9.10. The number of hydrogen-bond acceptors (Lipinski definition) is 2. The van der Waals surface area contributed by atoms with Gasteiger partial charge in [-0.3, -0.25) is 0 Å². The number of nitrogens with two attached hydrogens (primary N) is 1. The zero-order valence-corrected chi connectivity index (χ0v) is 11.9. The van der Waals surface area contributed by atoms with Gasteiger partial charge in [0.1, 0.15) is 5.82 Å². The first-order valence-corrected chi connectivity index (χ1v) is 6.42. The monoisotopic (exact) mass is 328 g/mol. The fraction of sp³-hybridized carbons (Fsp3) is 0.0769. The summed E-state index contributed by atoms with van der Waals surface area (Å²) in [7, 11) is 0. The molecule has 18 heavy (non-hydrogen) atoms. The van der Waals surface area contributed by atoms with Gasteiger partial charge >= 0.3 is 0 Å². The Morgan fingerprint density at radius 3 is 2.61 bits per heavy atom. The molecule has 2 nitrogen and oxygen atoms in total. The molecule has 2 aromatic rings. The van der Waals surface area contributed by atoms with Crippen LogP contribution >= 0.6 is 27.5 Å². The van der Waals surface area contributed by atoms with Gasteiger partial charge in [0.2, 0.25) is 0 Å². The molecular weight excluding hydrogens is 319 g/mol. The van der Waals surface area contributed by atoms with E-state index in [2.05, 4.69) is 21.2 Å². The lowest BCUT2D eigenvalue weighted by molar-refractivity contribution is 0.629. The molecule has 5 heteroatoms. The Balaban J connectivity index is 2.37. The Bertz CT molecular complexity index is 602. The topological polar surface area (TPSA) is 38.0 Å². The molecule has 0 fully saturated rings. The molecule has 0 saturated carbocycles. The lowest BCUT2D eigenvalue weighted by atomic mass is 10.2. The summed E-state index contributed by atoms with van der Waals surface area (Å²) in [5.41, 5.74) is 8.62. The average Bonchev–Trinajstić information content (AvgIpc) is 2.29. The van der Waals surface area contributed by atoms with Crippen LogP contribution in [0.4, 0.5) is 21.5 Å². The quantitative estimate of drug-likeness (QED) is 0.771. The molecular formula is C13H11BrClFN2. The number of nitrogens with one attached hydrogen (secondary N) is 1. The molecule has 0 spiro atoms. The van der Waals surface area contributed by atoms with Gasteiger partial charge in [0.25, 0.3) is 0 Å². The van der Waals surface area contributed by atoms with Crippen molar-refractivity contribution in [2.24, 2.45) is 0 Å². The lowest BCUT2D eigenvalue weighted by Crippen LogP contribution is -1.98. The molecule has 3 N–H and O–H groups in total. The summed E-state index contributed by atoms with van der Waals surface area (Å²) in [4.78, 5) is 0. The first kappa shape index (κ1) is 13.2. The normalized spacial score (nSPS) is 10.4. The molecule has 2 rings (SSSR count). The van der Waals surface area contributed by atoms with Gasteiger partial charge in [-0.2, -0.15) is 0 Å². The minimum absolute atomic E-state index is 0.0148. The van der Waals surface area contributed by atoms with E-state index in [0.29, 0.717) is 11.4 Å². The Morgan fingerprint density at radius 1 is 1.22 bits per heavy atom. The number of nitrogen functional groups attached to an aromatic ring is 1. The molecule has 0 radical (unpaired) electrons. The van der Waals surface area contributed by atoms with Crippen LogP contribution in [0.2, 0.25) is 5.02 Å². The number of rotatable bonds is 2. The van der Waals surface area contributed by atoms with Crippen LogP contribution in [0.15, 0.2) is 34.8 Å². The van der Waals surface area contributed by atoms with Gasteiger partial charge in [0, 0.05) is 10.5 Å². The maximum Gasteiger partial charge on any atom is 0.144 e. The van der Waals surface area contributed by atoms with Crippen LogP contribution in [-0.2, 0) is 0 Å². The highest BCUT2D eigenvalue weighted by Gasteiger charge is 2.08. The van der Waals surface area contributed by atoms with Crippen LogP contribution in [0.3, 0.4) is 0 Å². The van der Waals surface area contributed by atoms with E-state index in [-0.39, 0.29) is 5.02 Å². The first-order chi connectivity index (χ1) is 8.47. The molecule has 0 aromatic heterocycles. The van der Waals surface area contributed by atoms with Crippen LogP contribution in [-0.4, -0.2) is 0 Å². The summed E-state index contributed by atoms with van der Waals surface area (Å²) in [6.07, 6.45) is 0. The highest BCUT2D eigenvalue weighted by Crippen LogP contribution is 2.32. The Kier molecular flexibility index (Phi) is 3.78. The van der Waals surface area contributed by atoms with Crippen LogP contribution in [0, 0.1) is 12.7 Å². The van der Waals surface area contributed by atoms with Crippen molar-refractivity contribution in [2.45, 2.75) is 6.92 Å². The molecule has 2 aromatic carbocycles. The zero-order valence-electron chi connectivity index (χ0n) is 9.60. The van der Waals surface area contributed by atoms with Crippen molar-refractivity contribution in [3.63, 3.8) is 0 Å². The third-order valence-corrected chi connectivity index (χ3v) is 3.43. The van der Waals surface area contributed by atoms with Crippen molar-refractivity contribution in [3.8, 4) is 0 Å². The predicted octanol–water partition coefficient (Wildman–Crippen LogP) is 4.88. The summed E-state index contributed by atoms with van der Waals surface area (Å²) in [5.74, 6) is -0.503. The van der Waals surface area contributed by atoms with Crippen LogP contribution in [0.1, 0.15) is 5.56 Å². The fourth-order valence-electron chi connectivity index (χ4n) is 1.54. The Labute approximate surface area is 118 Å². The second-order valence-corrected chi connectivity index (χ2v) is 5.22. The van der Waals surface area contributed by atoms with Crippen molar-refractivity contribution in [1.82, 2.24) is 0 Å². The van der Waals surface area contributed by atoms with Crippen molar-refractivity contribution >= 4 is 44.6 Å². The van der Waals surface area contributed by atoms with E-state index in [9.17, 15) is 4.39 Å². The van der Waals surface area contributed by atoms with Crippen LogP contribution < -0.4 is 11.1 Å². The van der Waals surface area contributed by atoms with Gasteiger partial charge in [0.15, 0.2) is 0 Å². The standard InChI is InChI=1S/C13H11BrClFN2/c1-7-2-3-12(8(14)4-7)18-13-6-10(16)9(15)5-11(13)17/h2-6,18H,17H2,1H3. The summed E-state index contributed by atoms with van der Waals surface area (Å²) < 4.78 is 14.3. The van der Waals surface area contributed by atoms with Gasteiger partial charge in [-0.25, -0.2) is 4.39 Å². The van der Waals surface area contributed by atoms with E-state index in [1.807, 2.05) is 25.1 Å². The second kappa shape index (κ2) is 5.16. The zero-order chi connectivity index (χ0) is 13.3. The van der Waals surface area contributed by atoms with E-state index in [1.54, 1.807) is 0 Å². The van der Waals surface area contributed by atoms with E-state index in [1.165, 1.54) is 12.1 Å². The molecule has 0 aliphatic heterocycles. The lowest BCUT2D eigenvalue weighted by Gasteiger charge is -2.12. The van der Waals surface area contributed by atoms with E-state index < -0.39 is 5.82 Å². The molecule has 0 saturated heterocycles. The molecule has 0 unspecified atom stereocenters. The number of aryl methyl sites for hydroxylation is 1. The van der Waals surface area contributed by atoms with Gasteiger partial charge in [0.05, 0.1) is 22.1 Å². The second-order valence-electron chi connectivity index (χ2n) is 3.96. The average molecular weight is 330 g/mol. The van der Waals surface area contributed by atoms with Gasteiger partial charge < -0.3 is 11.1 Å². The summed E-state index contributed by atoms with van der Waals surface area (Å²) in [6.45, 7) is 1.99. The van der Waals surface area contributed by atoms with E-state index in [0.717, 1.165) is 15.7 Å². The SMILES string of the molecule is Cc1ccc(Nc2cc(F)c(Cl)cc2N)c(Br)c1. The molecule has 0 bridgehead atoms. The van der Waals surface area contributed by atoms with Gasteiger partial charge in [-0.1, -0.05) is 17.7 Å². The van der Waals surface area contributed by atoms with Gasteiger partial charge in [-0.15, -0.1) is 0 Å². The third kappa shape index (κ3) is 2.76. The minimum atomic E-state index is -0.503. The summed E-state index contributed by atoms with van der Waals surface area (Å²) in [6, 6.07) is 8.48. The number of benzene rings is 2. The number of halogens is 3. The smallest absolute Gasteiger partial charge is 0.144 e. The third-order valence-electron chi connectivity index (χ3n) is 2.49. The maximum atomic E-state index is 13.4. The van der Waals surface area contributed by atoms with E-state index in [4.69, 9.17) is 17.3 Å². The molecule has 94 valence electrons. The molecule has 0 amide bonds. The van der Waals surface area contributed by atoms with Crippen molar-refractivity contribution in [1.29, 1.82) is 0 Å². The minimum Gasteiger partial charge on any atom is -0.397 e. The highest BCUT2D eigenvalue weighted by atomic mass is 79.9. The van der Waals surface area contributed by atoms with Crippen molar-refractivity contribution in [3.05, 3.63) is 51.2 Å². The Hall–Kier alpha value is -1.26. The number of anilines is 3. The fourth-order valence-corrected chi connectivity index (χ4v) is 2.30. The molecule has 0 heterocycles. The Morgan fingerprint density at radius 2 is 1.94 bits per heavy atom. The van der Waals surface area contributed by atoms with Crippen LogP contribution in [0.5, 0.6) is 0 Å². The molecule has 0 aliphatic rings. The van der Waals surface area contributed by atoms with Crippen LogP contribution in [0.25, 0.3) is 0 Å². The summed E-state index contributed by atoms with van der Waals surface area (Å²) in [5, 5.41) is 3.08. The summed E-state index contributed by atoms with van der Waals surface area (Å²) >= 11 is 9.09. The van der Waals surface area contributed by atoms with E-state index >= 15 is 0 Å².